The van der Waals surface area contributed by atoms with Crippen LogP contribution in [-0.4, -0.2) is 17.0 Å². The van der Waals surface area contributed by atoms with E-state index in [1.54, 1.807) is 6.20 Å². The lowest BCUT2D eigenvalue weighted by Crippen LogP contribution is -2.15. The molecule has 2 aromatic heterocycles. The van der Waals surface area contributed by atoms with Gasteiger partial charge in [-0.2, -0.15) is 0 Å². The number of rotatable bonds is 3. The summed E-state index contributed by atoms with van der Waals surface area (Å²) in [6.07, 6.45) is 3.62. The predicted octanol–water partition coefficient (Wildman–Crippen LogP) is 3.37. The van der Waals surface area contributed by atoms with Crippen LogP contribution in [0.25, 0.3) is 0 Å². The van der Waals surface area contributed by atoms with Gasteiger partial charge >= 0.3 is 0 Å². The quantitative estimate of drug-likeness (QED) is 0.805. The Morgan fingerprint density at radius 2 is 1.76 bits per heavy atom. The average molecular weight is 227 g/mol. The molecule has 0 atom stereocenters. The average Bonchev–Trinajstić information content (AvgIpc) is 2.39. The van der Waals surface area contributed by atoms with Crippen LogP contribution < -0.4 is 4.90 Å². The number of hydrogen-bond acceptors (Lipinski definition) is 3. The molecule has 2 aromatic rings. The molecule has 0 bridgehead atoms. The first-order valence-electron chi connectivity index (χ1n) is 5.80. The van der Waals surface area contributed by atoms with E-state index in [1.807, 2.05) is 42.4 Å². The Labute approximate surface area is 102 Å². The second-order valence-corrected chi connectivity index (χ2v) is 4.32. The highest BCUT2D eigenvalue weighted by atomic mass is 15.2. The van der Waals surface area contributed by atoms with Crippen molar-refractivity contribution < 1.29 is 0 Å². The highest BCUT2D eigenvalue weighted by Gasteiger charge is 2.13. The van der Waals surface area contributed by atoms with E-state index in [9.17, 15) is 0 Å². The van der Waals surface area contributed by atoms with Crippen molar-refractivity contribution >= 4 is 11.6 Å². The molecule has 17 heavy (non-hydrogen) atoms. The number of nitrogens with zero attached hydrogens (tertiary/aromatic N) is 3. The highest BCUT2D eigenvalue weighted by molar-refractivity contribution is 5.59. The molecule has 88 valence electrons. The molecule has 0 aromatic carbocycles. The largest absolute Gasteiger partial charge is 0.314 e. The third-order valence-electron chi connectivity index (χ3n) is 2.75. The zero-order valence-corrected chi connectivity index (χ0v) is 10.5. The van der Waals surface area contributed by atoms with Gasteiger partial charge in [0.1, 0.15) is 11.6 Å². The molecule has 0 fully saturated rings. The van der Waals surface area contributed by atoms with E-state index in [0.29, 0.717) is 5.92 Å². The molecule has 0 radical (unpaired) electrons. The number of anilines is 2. The highest BCUT2D eigenvalue weighted by Crippen LogP contribution is 2.27. The molecular weight excluding hydrogens is 210 g/mol. The molecule has 0 saturated heterocycles. The van der Waals surface area contributed by atoms with Gasteiger partial charge in [0.15, 0.2) is 0 Å². The summed E-state index contributed by atoms with van der Waals surface area (Å²) >= 11 is 0. The lowest BCUT2D eigenvalue weighted by molar-refractivity contribution is 0.850. The van der Waals surface area contributed by atoms with Crippen LogP contribution in [0, 0.1) is 0 Å². The molecule has 0 N–H and O–H groups in total. The predicted molar refractivity (Wildman–Crippen MR) is 70.6 cm³/mol. The third-order valence-corrected chi connectivity index (χ3v) is 2.75. The summed E-state index contributed by atoms with van der Waals surface area (Å²) in [5.74, 6) is 2.33. The molecule has 0 amide bonds. The van der Waals surface area contributed by atoms with Gasteiger partial charge in [0.05, 0.1) is 0 Å². The van der Waals surface area contributed by atoms with E-state index in [4.69, 9.17) is 0 Å². The monoisotopic (exact) mass is 227 g/mol. The Balaban J connectivity index is 2.41. The summed E-state index contributed by atoms with van der Waals surface area (Å²) in [6, 6.07) is 9.98. The summed E-state index contributed by atoms with van der Waals surface area (Å²) < 4.78 is 0. The first kappa shape index (κ1) is 11.6. The Kier molecular flexibility index (Phi) is 3.38. The van der Waals surface area contributed by atoms with Gasteiger partial charge in [-0.1, -0.05) is 26.0 Å². The van der Waals surface area contributed by atoms with E-state index in [2.05, 4.69) is 29.9 Å². The van der Waals surface area contributed by atoms with E-state index in [1.165, 1.54) is 5.56 Å². The number of hydrogen-bond donors (Lipinski definition) is 0. The van der Waals surface area contributed by atoms with Crippen LogP contribution in [-0.2, 0) is 0 Å². The van der Waals surface area contributed by atoms with Crippen LogP contribution in [0.1, 0.15) is 25.3 Å². The Morgan fingerprint density at radius 1 is 1.00 bits per heavy atom. The molecule has 0 spiro atoms. The summed E-state index contributed by atoms with van der Waals surface area (Å²) in [5, 5.41) is 0. The van der Waals surface area contributed by atoms with Crippen LogP contribution in [0.4, 0.5) is 11.6 Å². The molecular formula is C14H17N3. The summed E-state index contributed by atoms with van der Waals surface area (Å²) in [4.78, 5) is 10.8. The Hall–Kier alpha value is -1.90. The lowest BCUT2D eigenvalue weighted by Gasteiger charge is -2.21. The first-order chi connectivity index (χ1) is 8.20. The van der Waals surface area contributed by atoms with Crippen molar-refractivity contribution in [3.05, 3.63) is 48.3 Å². The molecule has 3 nitrogen and oxygen atoms in total. The molecule has 2 rings (SSSR count). The van der Waals surface area contributed by atoms with E-state index in [-0.39, 0.29) is 0 Å². The molecule has 0 aliphatic rings. The molecule has 3 heteroatoms. The van der Waals surface area contributed by atoms with Gasteiger partial charge in [-0.05, 0) is 29.7 Å². The van der Waals surface area contributed by atoms with Crippen molar-refractivity contribution in [1.29, 1.82) is 0 Å². The summed E-state index contributed by atoms with van der Waals surface area (Å²) in [6.45, 7) is 4.35. The maximum atomic E-state index is 4.46. The second kappa shape index (κ2) is 4.95. The Morgan fingerprint density at radius 3 is 2.41 bits per heavy atom. The lowest BCUT2D eigenvalue weighted by atomic mass is 10.0. The van der Waals surface area contributed by atoms with E-state index >= 15 is 0 Å². The number of pyridine rings is 2. The minimum absolute atomic E-state index is 0.449. The van der Waals surface area contributed by atoms with Crippen LogP contribution >= 0.6 is 0 Å². The fraction of sp³-hybridized carbons (Fsp3) is 0.286. The minimum Gasteiger partial charge on any atom is -0.314 e. The summed E-state index contributed by atoms with van der Waals surface area (Å²) in [7, 11) is 2.00. The normalized spacial score (nSPS) is 10.6. The molecule has 0 unspecified atom stereocenters. The van der Waals surface area contributed by atoms with Gasteiger partial charge in [-0.15, -0.1) is 0 Å². The SMILES string of the molecule is CC(C)c1cccnc1N(C)c1ccccn1. The molecule has 0 aliphatic carbocycles. The van der Waals surface area contributed by atoms with Crippen molar-refractivity contribution in [2.45, 2.75) is 19.8 Å². The van der Waals surface area contributed by atoms with Gasteiger partial charge in [-0.25, -0.2) is 9.97 Å². The van der Waals surface area contributed by atoms with Crippen molar-refractivity contribution in [2.24, 2.45) is 0 Å². The van der Waals surface area contributed by atoms with Crippen LogP contribution in [0.3, 0.4) is 0 Å². The topological polar surface area (TPSA) is 29.0 Å². The zero-order chi connectivity index (χ0) is 12.3. The zero-order valence-electron chi connectivity index (χ0n) is 10.5. The van der Waals surface area contributed by atoms with Crippen LogP contribution in [0.5, 0.6) is 0 Å². The number of aromatic nitrogens is 2. The third kappa shape index (κ3) is 2.44. The van der Waals surface area contributed by atoms with Gasteiger partial charge in [0.25, 0.3) is 0 Å². The van der Waals surface area contributed by atoms with Gasteiger partial charge in [0.2, 0.25) is 0 Å². The maximum Gasteiger partial charge on any atom is 0.137 e. The fourth-order valence-electron chi connectivity index (χ4n) is 1.80. The Bertz CT molecular complexity index is 480. The van der Waals surface area contributed by atoms with Gasteiger partial charge in [-0.3, -0.25) is 0 Å². The van der Waals surface area contributed by atoms with Crippen LogP contribution in [0.15, 0.2) is 42.7 Å². The van der Waals surface area contributed by atoms with Crippen LogP contribution in [0.2, 0.25) is 0 Å². The second-order valence-electron chi connectivity index (χ2n) is 4.32. The van der Waals surface area contributed by atoms with E-state index in [0.717, 1.165) is 11.6 Å². The standard InChI is InChI=1S/C14H17N3/c1-11(2)12-7-6-10-16-14(12)17(3)13-8-4-5-9-15-13/h4-11H,1-3H3. The van der Waals surface area contributed by atoms with Crippen molar-refractivity contribution in [3.63, 3.8) is 0 Å². The minimum atomic E-state index is 0.449. The van der Waals surface area contributed by atoms with Gasteiger partial charge in [0, 0.05) is 19.4 Å². The molecule has 2 heterocycles. The summed E-state index contributed by atoms with van der Waals surface area (Å²) in [5.41, 5.74) is 1.24. The van der Waals surface area contributed by atoms with Gasteiger partial charge < -0.3 is 4.90 Å². The molecule has 0 aliphatic heterocycles. The van der Waals surface area contributed by atoms with Crippen molar-refractivity contribution in [1.82, 2.24) is 9.97 Å². The fourth-order valence-corrected chi connectivity index (χ4v) is 1.80. The van der Waals surface area contributed by atoms with E-state index < -0.39 is 0 Å². The van der Waals surface area contributed by atoms with Crippen molar-refractivity contribution in [2.75, 3.05) is 11.9 Å². The first-order valence-corrected chi connectivity index (χ1v) is 5.80. The van der Waals surface area contributed by atoms with Crippen molar-refractivity contribution in [3.8, 4) is 0 Å². The smallest absolute Gasteiger partial charge is 0.137 e. The molecule has 0 saturated carbocycles. The maximum absolute atomic E-state index is 4.46.